The molecule has 0 radical (unpaired) electrons. The third-order valence-electron chi connectivity index (χ3n) is 2.00. The van der Waals surface area contributed by atoms with Crippen molar-refractivity contribution in [2.75, 3.05) is 0 Å². The van der Waals surface area contributed by atoms with E-state index in [1.54, 1.807) is 0 Å². The standard InChI is InChI=1S/C12H15Br/c1-4-5-6-11-7-9(2)12(13)10(3)8-11/h5-8H,4H2,1-3H3/b6-5+. The molecule has 0 unspecified atom stereocenters. The van der Waals surface area contributed by atoms with Crippen molar-refractivity contribution in [3.05, 3.63) is 39.4 Å². The van der Waals surface area contributed by atoms with Crippen LogP contribution >= 0.6 is 15.9 Å². The second kappa shape index (κ2) is 4.61. The molecule has 0 N–H and O–H groups in total. The second-order valence-electron chi connectivity index (χ2n) is 3.28. The Morgan fingerprint density at radius 3 is 2.23 bits per heavy atom. The summed E-state index contributed by atoms with van der Waals surface area (Å²) < 4.78 is 1.22. The van der Waals surface area contributed by atoms with Crippen LogP contribution in [0.25, 0.3) is 6.08 Å². The van der Waals surface area contributed by atoms with E-state index in [0.717, 1.165) is 6.42 Å². The third-order valence-corrected chi connectivity index (χ3v) is 3.26. The highest BCUT2D eigenvalue weighted by molar-refractivity contribution is 9.10. The van der Waals surface area contributed by atoms with Gasteiger partial charge in [-0.1, -0.05) is 47.1 Å². The molecule has 0 atom stereocenters. The quantitative estimate of drug-likeness (QED) is 0.713. The van der Waals surface area contributed by atoms with Crippen molar-refractivity contribution >= 4 is 22.0 Å². The van der Waals surface area contributed by atoms with Gasteiger partial charge in [0.15, 0.2) is 0 Å². The Morgan fingerprint density at radius 1 is 1.23 bits per heavy atom. The van der Waals surface area contributed by atoms with Gasteiger partial charge in [0.05, 0.1) is 0 Å². The number of hydrogen-bond acceptors (Lipinski definition) is 0. The summed E-state index contributed by atoms with van der Waals surface area (Å²) >= 11 is 3.56. The zero-order valence-corrected chi connectivity index (χ0v) is 9.98. The van der Waals surface area contributed by atoms with Gasteiger partial charge in [0, 0.05) is 4.47 Å². The van der Waals surface area contributed by atoms with Crippen LogP contribution in [0.4, 0.5) is 0 Å². The highest BCUT2D eigenvalue weighted by atomic mass is 79.9. The highest BCUT2D eigenvalue weighted by Crippen LogP contribution is 2.23. The van der Waals surface area contributed by atoms with E-state index >= 15 is 0 Å². The van der Waals surface area contributed by atoms with Crippen LogP contribution in [-0.2, 0) is 0 Å². The lowest BCUT2D eigenvalue weighted by Gasteiger charge is -2.04. The van der Waals surface area contributed by atoms with Crippen LogP contribution in [0.2, 0.25) is 0 Å². The number of allylic oxidation sites excluding steroid dienone is 1. The minimum absolute atomic E-state index is 1.09. The molecule has 0 aromatic heterocycles. The molecule has 13 heavy (non-hydrogen) atoms. The molecule has 0 nitrogen and oxygen atoms in total. The van der Waals surface area contributed by atoms with E-state index in [0.29, 0.717) is 0 Å². The number of aryl methyl sites for hydroxylation is 2. The Hall–Kier alpha value is -0.560. The fraction of sp³-hybridized carbons (Fsp3) is 0.333. The molecular weight excluding hydrogens is 224 g/mol. The van der Waals surface area contributed by atoms with E-state index < -0.39 is 0 Å². The van der Waals surface area contributed by atoms with Crippen LogP contribution < -0.4 is 0 Å². The molecule has 0 saturated heterocycles. The van der Waals surface area contributed by atoms with Crippen LogP contribution in [-0.4, -0.2) is 0 Å². The van der Waals surface area contributed by atoms with Gasteiger partial charge in [-0.2, -0.15) is 0 Å². The van der Waals surface area contributed by atoms with Gasteiger partial charge in [-0.15, -0.1) is 0 Å². The van der Waals surface area contributed by atoms with Gasteiger partial charge in [-0.05, 0) is 37.0 Å². The largest absolute Gasteiger partial charge is 0.0842 e. The van der Waals surface area contributed by atoms with Gasteiger partial charge >= 0.3 is 0 Å². The Morgan fingerprint density at radius 2 is 1.77 bits per heavy atom. The summed E-state index contributed by atoms with van der Waals surface area (Å²) in [5.74, 6) is 0. The predicted octanol–water partition coefficient (Wildman–Crippen LogP) is 4.49. The average Bonchev–Trinajstić information content (AvgIpc) is 2.10. The molecule has 0 saturated carbocycles. The van der Waals surface area contributed by atoms with Crippen LogP contribution in [0.5, 0.6) is 0 Å². The first-order chi connectivity index (χ1) is 6.15. The average molecular weight is 239 g/mol. The zero-order valence-electron chi connectivity index (χ0n) is 8.39. The molecule has 1 rings (SSSR count). The van der Waals surface area contributed by atoms with Gasteiger partial charge in [0.2, 0.25) is 0 Å². The molecule has 1 heteroatoms. The maximum absolute atomic E-state index is 3.56. The van der Waals surface area contributed by atoms with Gasteiger partial charge in [0.25, 0.3) is 0 Å². The first kappa shape index (κ1) is 10.5. The van der Waals surface area contributed by atoms with Crippen LogP contribution in [0.15, 0.2) is 22.7 Å². The minimum atomic E-state index is 1.09. The summed E-state index contributed by atoms with van der Waals surface area (Å²) in [5, 5.41) is 0. The van der Waals surface area contributed by atoms with E-state index in [2.05, 4.69) is 61.0 Å². The minimum Gasteiger partial charge on any atom is -0.0842 e. The lowest BCUT2D eigenvalue weighted by molar-refractivity contribution is 1.23. The highest BCUT2D eigenvalue weighted by Gasteiger charge is 1.99. The fourth-order valence-corrected chi connectivity index (χ4v) is 1.56. The zero-order chi connectivity index (χ0) is 9.84. The summed E-state index contributed by atoms with van der Waals surface area (Å²) in [4.78, 5) is 0. The van der Waals surface area contributed by atoms with Gasteiger partial charge in [-0.3, -0.25) is 0 Å². The van der Waals surface area contributed by atoms with E-state index in [1.165, 1.54) is 21.2 Å². The summed E-state index contributed by atoms with van der Waals surface area (Å²) in [6.07, 6.45) is 5.45. The summed E-state index contributed by atoms with van der Waals surface area (Å²) in [7, 11) is 0. The van der Waals surface area contributed by atoms with Crippen molar-refractivity contribution in [1.82, 2.24) is 0 Å². The van der Waals surface area contributed by atoms with Gasteiger partial charge in [-0.25, -0.2) is 0 Å². The number of benzene rings is 1. The van der Waals surface area contributed by atoms with E-state index in [9.17, 15) is 0 Å². The predicted molar refractivity (Wildman–Crippen MR) is 62.9 cm³/mol. The summed E-state index contributed by atoms with van der Waals surface area (Å²) in [6, 6.07) is 4.40. The first-order valence-corrected chi connectivity index (χ1v) is 5.37. The van der Waals surface area contributed by atoms with Crippen LogP contribution in [0.3, 0.4) is 0 Å². The lowest BCUT2D eigenvalue weighted by atomic mass is 10.1. The lowest BCUT2D eigenvalue weighted by Crippen LogP contribution is -1.83. The Labute approximate surface area is 88.8 Å². The normalized spacial score (nSPS) is 11.1. The number of rotatable bonds is 2. The monoisotopic (exact) mass is 238 g/mol. The SMILES string of the molecule is CC/C=C/c1cc(C)c(Br)c(C)c1. The maximum atomic E-state index is 3.56. The summed E-state index contributed by atoms with van der Waals surface area (Å²) in [6.45, 7) is 6.40. The molecule has 0 heterocycles. The van der Waals surface area contributed by atoms with Crippen molar-refractivity contribution in [2.24, 2.45) is 0 Å². The molecular formula is C12H15Br. The van der Waals surface area contributed by atoms with Gasteiger partial charge in [0.1, 0.15) is 0 Å². The molecule has 0 amide bonds. The number of halogens is 1. The van der Waals surface area contributed by atoms with E-state index in [-0.39, 0.29) is 0 Å². The number of hydrogen-bond donors (Lipinski definition) is 0. The molecule has 0 aliphatic heterocycles. The van der Waals surface area contributed by atoms with Crippen LogP contribution in [0.1, 0.15) is 30.0 Å². The molecule has 0 aliphatic carbocycles. The molecule has 0 aliphatic rings. The van der Waals surface area contributed by atoms with Gasteiger partial charge < -0.3 is 0 Å². The van der Waals surface area contributed by atoms with Crippen molar-refractivity contribution in [1.29, 1.82) is 0 Å². The molecule has 70 valence electrons. The third kappa shape index (κ3) is 2.70. The van der Waals surface area contributed by atoms with Crippen molar-refractivity contribution in [3.8, 4) is 0 Å². The second-order valence-corrected chi connectivity index (χ2v) is 4.07. The Bertz CT molecular complexity index is 301. The van der Waals surface area contributed by atoms with Crippen molar-refractivity contribution in [2.45, 2.75) is 27.2 Å². The van der Waals surface area contributed by atoms with E-state index in [1.807, 2.05) is 0 Å². The molecule has 0 spiro atoms. The molecule has 0 fully saturated rings. The van der Waals surface area contributed by atoms with E-state index in [4.69, 9.17) is 0 Å². The molecule has 1 aromatic rings. The Kier molecular flexibility index (Phi) is 3.73. The first-order valence-electron chi connectivity index (χ1n) is 4.58. The smallest absolute Gasteiger partial charge is 0.0234 e. The topological polar surface area (TPSA) is 0 Å². The van der Waals surface area contributed by atoms with Crippen molar-refractivity contribution in [3.63, 3.8) is 0 Å². The maximum Gasteiger partial charge on any atom is 0.0234 e. The van der Waals surface area contributed by atoms with Crippen molar-refractivity contribution < 1.29 is 0 Å². The summed E-state index contributed by atoms with van der Waals surface area (Å²) in [5.41, 5.74) is 3.89. The molecule has 0 bridgehead atoms. The fourth-order valence-electron chi connectivity index (χ4n) is 1.33. The Balaban J connectivity index is 3.06. The van der Waals surface area contributed by atoms with Crippen LogP contribution in [0, 0.1) is 13.8 Å². The molecule has 1 aromatic carbocycles.